The molecule has 1 atom stereocenters. The predicted molar refractivity (Wildman–Crippen MR) is 94.0 cm³/mol. The Bertz CT molecular complexity index is 825. The molecule has 23 heavy (non-hydrogen) atoms. The topological polar surface area (TPSA) is 40.5 Å². The zero-order valence-corrected chi connectivity index (χ0v) is 13.9. The molecule has 3 heteroatoms. The normalized spacial score (nSPS) is 15.8. The van der Waals surface area contributed by atoms with E-state index in [4.69, 9.17) is 0 Å². The van der Waals surface area contributed by atoms with Gasteiger partial charge in [0.15, 0.2) is 0 Å². The Balaban J connectivity index is 1.94. The molecule has 0 saturated carbocycles. The van der Waals surface area contributed by atoms with Crippen molar-refractivity contribution in [3.63, 3.8) is 0 Å². The fourth-order valence-corrected chi connectivity index (χ4v) is 3.69. The fourth-order valence-electron chi connectivity index (χ4n) is 3.43. The SMILES string of the molecule is O[C@H](c1ccc(Br)cc1)C1(O)c2ccccc2-c2ccccc21. The van der Waals surface area contributed by atoms with Gasteiger partial charge in [0.1, 0.15) is 11.7 Å². The van der Waals surface area contributed by atoms with Crippen molar-refractivity contribution in [1.82, 2.24) is 0 Å². The van der Waals surface area contributed by atoms with Crippen molar-refractivity contribution in [3.8, 4) is 11.1 Å². The van der Waals surface area contributed by atoms with E-state index in [2.05, 4.69) is 15.9 Å². The molecule has 0 aliphatic heterocycles. The Hall–Kier alpha value is -1.94. The molecule has 0 fully saturated rings. The van der Waals surface area contributed by atoms with Crippen LogP contribution in [0.15, 0.2) is 77.3 Å². The van der Waals surface area contributed by atoms with Crippen LogP contribution in [0.1, 0.15) is 22.8 Å². The van der Waals surface area contributed by atoms with Crippen molar-refractivity contribution in [2.45, 2.75) is 11.7 Å². The maximum atomic E-state index is 11.5. The number of hydrogen-bond acceptors (Lipinski definition) is 2. The second kappa shape index (κ2) is 5.31. The summed E-state index contributed by atoms with van der Waals surface area (Å²) >= 11 is 3.40. The zero-order chi connectivity index (χ0) is 16.0. The molecule has 3 aromatic carbocycles. The van der Waals surface area contributed by atoms with Gasteiger partial charge in [-0.1, -0.05) is 76.6 Å². The number of halogens is 1. The van der Waals surface area contributed by atoms with Gasteiger partial charge in [0.05, 0.1) is 0 Å². The molecular formula is C20H15BrO2. The molecule has 0 aromatic heterocycles. The highest BCUT2D eigenvalue weighted by Gasteiger charge is 2.47. The minimum absolute atomic E-state index is 0.683. The Morgan fingerprint density at radius 3 is 1.74 bits per heavy atom. The van der Waals surface area contributed by atoms with E-state index in [-0.39, 0.29) is 0 Å². The molecule has 0 amide bonds. The number of benzene rings is 3. The monoisotopic (exact) mass is 366 g/mol. The first-order chi connectivity index (χ1) is 11.1. The molecule has 1 aliphatic carbocycles. The highest BCUT2D eigenvalue weighted by atomic mass is 79.9. The number of hydrogen-bond donors (Lipinski definition) is 2. The molecule has 0 unspecified atom stereocenters. The van der Waals surface area contributed by atoms with Gasteiger partial charge in [0, 0.05) is 4.47 Å². The molecular weight excluding hydrogens is 352 g/mol. The van der Waals surface area contributed by atoms with E-state index in [1.54, 1.807) is 0 Å². The van der Waals surface area contributed by atoms with Crippen LogP contribution in [0.5, 0.6) is 0 Å². The van der Waals surface area contributed by atoms with Gasteiger partial charge in [-0.3, -0.25) is 0 Å². The first kappa shape index (κ1) is 14.6. The summed E-state index contributed by atoms with van der Waals surface area (Å²) in [5, 5.41) is 22.5. The summed E-state index contributed by atoms with van der Waals surface area (Å²) in [6.07, 6.45) is -1.04. The van der Waals surface area contributed by atoms with Crippen LogP contribution in [0.25, 0.3) is 11.1 Å². The Morgan fingerprint density at radius 2 is 1.22 bits per heavy atom. The fraction of sp³-hybridized carbons (Fsp3) is 0.100. The smallest absolute Gasteiger partial charge is 0.146 e. The molecule has 114 valence electrons. The molecule has 2 nitrogen and oxygen atoms in total. The van der Waals surface area contributed by atoms with Crippen LogP contribution in [0.2, 0.25) is 0 Å². The lowest BCUT2D eigenvalue weighted by atomic mass is 9.82. The van der Waals surface area contributed by atoms with Gasteiger partial charge < -0.3 is 10.2 Å². The number of aliphatic hydroxyl groups is 2. The number of fused-ring (bicyclic) bond motifs is 3. The van der Waals surface area contributed by atoms with Crippen LogP contribution < -0.4 is 0 Å². The van der Waals surface area contributed by atoms with Gasteiger partial charge in [-0.25, -0.2) is 0 Å². The Kier molecular flexibility index (Phi) is 3.38. The second-order valence-corrected chi connectivity index (χ2v) is 6.73. The van der Waals surface area contributed by atoms with Crippen molar-refractivity contribution in [2.75, 3.05) is 0 Å². The van der Waals surface area contributed by atoms with Gasteiger partial charge in [0.25, 0.3) is 0 Å². The van der Waals surface area contributed by atoms with Crippen molar-refractivity contribution < 1.29 is 10.2 Å². The molecule has 3 aromatic rings. The summed E-state index contributed by atoms with van der Waals surface area (Å²) in [7, 11) is 0. The predicted octanol–water partition coefficient (Wildman–Crippen LogP) is 4.40. The summed E-state index contributed by atoms with van der Waals surface area (Å²) in [4.78, 5) is 0. The van der Waals surface area contributed by atoms with Gasteiger partial charge in [-0.2, -0.15) is 0 Å². The summed E-state index contributed by atoms with van der Waals surface area (Å²) in [6, 6.07) is 22.8. The largest absolute Gasteiger partial charge is 0.385 e. The van der Waals surface area contributed by atoms with Crippen LogP contribution in [0, 0.1) is 0 Å². The van der Waals surface area contributed by atoms with Crippen molar-refractivity contribution >= 4 is 15.9 Å². The van der Waals surface area contributed by atoms with Crippen LogP contribution in [0.3, 0.4) is 0 Å². The maximum absolute atomic E-state index is 11.5. The highest BCUT2D eigenvalue weighted by molar-refractivity contribution is 9.10. The molecule has 0 saturated heterocycles. The van der Waals surface area contributed by atoms with Crippen LogP contribution in [-0.2, 0) is 5.60 Å². The second-order valence-electron chi connectivity index (χ2n) is 5.81. The van der Waals surface area contributed by atoms with Crippen molar-refractivity contribution in [3.05, 3.63) is 94.0 Å². The zero-order valence-electron chi connectivity index (χ0n) is 12.3. The average molecular weight is 367 g/mol. The summed E-state index contributed by atoms with van der Waals surface area (Å²) in [5.41, 5.74) is 2.68. The quantitative estimate of drug-likeness (QED) is 0.705. The molecule has 0 bridgehead atoms. The third kappa shape index (κ3) is 2.08. The Labute approximate surface area is 143 Å². The third-order valence-electron chi connectivity index (χ3n) is 4.55. The van der Waals surface area contributed by atoms with E-state index in [0.717, 1.165) is 26.7 Å². The first-order valence-corrected chi connectivity index (χ1v) is 8.27. The van der Waals surface area contributed by atoms with Crippen molar-refractivity contribution in [2.24, 2.45) is 0 Å². The van der Waals surface area contributed by atoms with Gasteiger partial charge >= 0.3 is 0 Å². The molecule has 1 aliphatic rings. The standard InChI is InChI=1S/C20H15BrO2/c21-14-11-9-13(10-12-14)19(22)20(23)17-7-3-1-5-15(17)16-6-2-4-8-18(16)20/h1-12,19,22-23H/t19-/m1/s1. The van der Waals surface area contributed by atoms with E-state index < -0.39 is 11.7 Å². The van der Waals surface area contributed by atoms with Crippen LogP contribution in [0.4, 0.5) is 0 Å². The average Bonchev–Trinajstić information content (AvgIpc) is 2.86. The van der Waals surface area contributed by atoms with Crippen LogP contribution >= 0.6 is 15.9 Å². The van der Waals surface area contributed by atoms with Gasteiger partial charge in [-0.05, 0) is 39.9 Å². The van der Waals surface area contributed by atoms with Crippen LogP contribution in [-0.4, -0.2) is 10.2 Å². The lowest BCUT2D eigenvalue weighted by Gasteiger charge is -2.31. The van der Waals surface area contributed by atoms with E-state index in [9.17, 15) is 10.2 Å². The molecule has 2 N–H and O–H groups in total. The molecule has 4 rings (SSSR count). The third-order valence-corrected chi connectivity index (χ3v) is 5.08. The first-order valence-electron chi connectivity index (χ1n) is 7.47. The maximum Gasteiger partial charge on any atom is 0.146 e. The molecule has 0 heterocycles. The van der Waals surface area contributed by atoms with E-state index in [0.29, 0.717) is 5.56 Å². The summed E-state index contributed by atoms with van der Waals surface area (Å²) < 4.78 is 0.938. The minimum atomic E-state index is -1.44. The lowest BCUT2D eigenvalue weighted by Crippen LogP contribution is -2.32. The molecule has 0 spiro atoms. The Morgan fingerprint density at radius 1 is 0.739 bits per heavy atom. The van der Waals surface area contributed by atoms with E-state index in [1.165, 1.54) is 0 Å². The van der Waals surface area contributed by atoms with E-state index in [1.807, 2.05) is 72.8 Å². The van der Waals surface area contributed by atoms with Crippen molar-refractivity contribution in [1.29, 1.82) is 0 Å². The van der Waals surface area contributed by atoms with Gasteiger partial charge in [0.2, 0.25) is 0 Å². The molecule has 0 radical (unpaired) electrons. The van der Waals surface area contributed by atoms with E-state index >= 15 is 0 Å². The highest BCUT2D eigenvalue weighted by Crippen LogP contribution is 2.52. The summed E-state index contributed by atoms with van der Waals surface area (Å²) in [5.74, 6) is 0. The van der Waals surface area contributed by atoms with Gasteiger partial charge in [-0.15, -0.1) is 0 Å². The summed E-state index contributed by atoms with van der Waals surface area (Å²) in [6.45, 7) is 0. The number of rotatable bonds is 2. The lowest BCUT2D eigenvalue weighted by molar-refractivity contribution is -0.0486. The minimum Gasteiger partial charge on any atom is -0.385 e. The number of aliphatic hydroxyl groups excluding tert-OH is 1.